The van der Waals surface area contributed by atoms with Crippen LogP contribution in [0.4, 0.5) is 4.39 Å². The van der Waals surface area contributed by atoms with Crippen LogP contribution in [0, 0.1) is 12.7 Å². The molecule has 38 heavy (non-hydrogen) atoms. The largest absolute Gasteiger partial charge is 0.483 e. The van der Waals surface area contributed by atoms with E-state index in [4.69, 9.17) is 8.92 Å². The quantitative estimate of drug-likeness (QED) is 0.155. The van der Waals surface area contributed by atoms with Crippen molar-refractivity contribution in [2.75, 3.05) is 6.61 Å². The summed E-state index contributed by atoms with van der Waals surface area (Å²) < 4.78 is 52.0. The molecule has 0 radical (unpaired) electrons. The highest BCUT2D eigenvalue weighted by Gasteiger charge is 2.22. The number of rotatable bonds is 10. The van der Waals surface area contributed by atoms with Gasteiger partial charge in [-0.05, 0) is 60.9 Å². The van der Waals surface area contributed by atoms with Crippen molar-refractivity contribution in [1.82, 2.24) is 0 Å². The average molecular weight is 529 g/mol. The zero-order valence-electron chi connectivity index (χ0n) is 21.3. The van der Waals surface area contributed by atoms with Crippen molar-refractivity contribution in [2.45, 2.75) is 24.8 Å². The SMILES string of the molecule is C=CC(COS(=O)(=O)c1ccc(C)cc1)Oc1c(C=CC)cc(F)cc1-c1ccccc1-c1ccccc1. The number of allylic oxidation sites excluding steroid dienone is 1. The Labute approximate surface area is 223 Å². The minimum absolute atomic E-state index is 0.0553. The molecule has 0 N–H and O–H groups in total. The van der Waals surface area contributed by atoms with Gasteiger partial charge in [0.2, 0.25) is 0 Å². The predicted molar refractivity (Wildman–Crippen MR) is 151 cm³/mol. The summed E-state index contributed by atoms with van der Waals surface area (Å²) in [5.41, 5.74) is 4.63. The molecule has 0 fully saturated rings. The molecular formula is C32H29FO4S. The van der Waals surface area contributed by atoms with Crippen LogP contribution in [0.1, 0.15) is 18.1 Å². The monoisotopic (exact) mass is 528 g/mol. The molecule has 4 aromatic rings. The van der Waals surface area contributed by atoms with Crippen LogP contribution in [0.15, 0.2) is 115 Å². The minimum Gasteiger partial charge on any atom is -0.483 e. The Morgan fingerprint density at radius 2 is 1.55 bits per heavy atom. The summed E-state index contributed by atoms with van der Waals surface area (Å²) in [5, 5.41) is 0. The predicted octanol–water partition coefficient (Wildman–Crippen LogP) is 7.84. The van der Waals surface area contributed by atoms with Crippen LogP contribution in [-0.2, 0) is 14.3 Å². The van der Waals surface area contributed by atoms with Gasteiger partial charge in [0.25, 0.3) is 10.1 Å². The average Bonchev–Trinajstić information content (AvgIpc) is 2.92. The highest BCUT2D eigenvalue weighted by atomic mass is 32.2. The van der Waals surface area contributed by atoms with Gasteiger partial charge in [-0.3, -0.25) is 4.18 Å². The fraction of sp³-hybridized carbons (Fsp3) is 0.125. The van der Waals surface area contributed by atoms with Crippen LogP contribution in [-0.4, -0.2) is 21.1 Å². The van der Waals surface area contributed by atoms with Crippen LogP contribution in [0.25, 0.3) is 28.3 Å². The Kier molecular flexibility index (Phi) is 8.56. The second-order valence-electron chi connectivity index (χ2n) is 8.73. The maximum absolute atomic E-state index is 14.9. The van der Waals surface area contributed by atoms with Gasteiger partial charge in [0, 0.05) is 11.1 Å². The second kappa shape index (κ2) is 12.0. The third kappa shape index (κ3) is 6.28. The molecule has 0 saturated heterocycles. The first-order valence-electron chi connectivity index (χ1n) is 12.2. The molecule has 0 aliphatic carbocycles. The molecule has 0 aliphatic heterocycles. The summed E-state index contributed by atoms with van der Waals surface area (Å²) in [7, 11) is -4.01. The molecule has 1 unspecified atom stereocenters. The van der Waals surface area contributed by atoms with E-state index in [-0.39, 0.29) is 11.5 Å². The van der Waals surface area contributed by atoms with E-state index < -0.39 is 22.0 Å². The number of benzene rings is 4. The van der Waals surface area contributed by atoms with Gasteiger partial charge in [0.15, 0.2) is 0 Å². The minimum atomic E-state index is -4.01. The van der Waals surface area contributed by atoms with E-state index in [0.717, 1.165) is 22.3 Å². The van der Waals surface area contributed by atoms with E-state index in [1.165, 1.54) is 30.3 Å². The summed E-state index contributed by atoms with van der Waals surface area (Å²) in [6.07, 6.45) is 4.18. The zero-order chi connectivity index (χ0) is 27.1. The molecule has 4 nitrogen and oxygen atoms in total. The van der Waals surface area contributed by atoms with E-state index in [1.807, 2.05) is 68.4 Å². The molecule has 0 heterocycles. The van der Waals surface area contributed by atoms with Gasteiger partial charge in [-0.2, -0.15) is 8.42 Å². The van der Waals surface area contributed by atoms with Gasteiger partial charge < -0.3 is 4.74 Å². The van der Waals surface area contributed by atoms with E-state index in [2.05, 4.69) is 6.58 Å². The second-order valence-corrected chi connectivity index (χ2v) is 10.3. The molecule has 0 bridgehead atoms. The van der Waals surface area contributed by atoms with Crippen molar-refractivity contribution in [3.05, 3.63) is 127 Å². The third-order valence-electron chi connectivity index (χ3n) is 5.96. The number of aryl methyl sites for hydroxylation is 1. The molecule has 4 rings (SSSR count). The Balaban J connectivity index is 1.72. The van der Waals surface area contributed by atoms with E-state index in [9.17, 15) is 12.8 Å². The van der Waals surface area contributed by atoms with E-state index >= 15 is 0 Å². The maximum Gasteiger partial charge on any atom is 0.297 e. The van der Waals surface area contributed by atoms with Crippen LogP contribution in [0.5, 0.6) is 5.75 Å². The number of hydrogen-bond acceptors (Lipinski definition) is 4. The fourth-order valence-electron chi connectivity index (χ4n) is 4.07. The number of ether oxygens (including phenoxy) is 1. The van der Waals surface area contributed by atoms with Gasteiger partial charge in [0.1, 0.15) is 24.3 Å². The van der Waals surface area contributed by atoms with Gasteiger partial charge in [0.05, 0.1) is 4.90 Å². The molecule has 0 aromatic heterocycles. The van der Waals surface area contributed by atoms with Gasteiger partial charge in [-0.15, -0.1) is 0 Å². The fourth-order valence-corrected chi connectivity index (χ4v) is 4.99. The molecule has 0 aliphatic rings. The first-order valence-corrected chi connectivity index (χ1v) is 13.6. The summed E-state index contributed by atoms with van der Waals surface area (Å²) in [4.78, 5) is 0.0553. The Bertz CT molecular complexity index is 1540. The van der Waals surface area contributed by atoms with E-state index in [1.54, 1.807) is 24.3 Å². The first kappa shape index (κ1) is 27.0. The smallest absolute Gasteiger partial charge is 0.297 e. The Morgan fingerprint density at radius 1 is 0.895 bits per heavy atom. The molecule has 0 amide bonds. The molecule has 194 valence electrons. The lowest BCUT2D eigenvalue weighted by molar-refractivity contribution is 0.168. The molecule has 0 spiro atoms. The van der Waals surface area contributed by atoms with E-state index in [0.29, 0.717) is 16.9 Å². The van der Waals surface area contributed by atoms with Crippen LogP contribution >= 0.6 is 0 Å². The summed E-state index contributed by atoms with van der Waals surface area (Å²) in [5.74, 6) is -0.0224. The van der Waals surface area contributed by atoms with Crippen molar-refractivity contribution < 1.29 is 21.7 Å². The lowest BCUT2D eigenvalue weighted by Crippen LogP contribution is -2.23. The summed E-state index contributed by atoms with van der Waals surface area (Å²) in [6.45, 7) is 7.21. The highest BCUT2D eigenvalue weighted by Crippen LogP contribution is 2.41. The normalized spacial score (nSPS) is 12.4. The van der Waals surface area contributed by atoms with Crippen LogP contribution < -0.4 is 4.74 Å². The Hall–Kier alpha value is -4.00. The van der Waals surface area contributed by atoms with Crippen LogP contribution in [0.2, 0.25) is 0 Å². The van der Waals surface area contributed by atoms with Crippen molar-refractivity contribution >= 4 is 16.2 Å². The van der Waals surface area contributed by atoms with Gasteiger partial charge in [-0.1, -0.05) is 91.0 Å². The van der Waals surface area contributed by atoms with Crippen LogP contribution in [0.3, 0.4) is 0 Å². The van der Waals surface area contributed by atoms with Gasteiger partial charge in [-0.25, -0.2) is 4.39 Å². The maximum atomic E-state index is 14.9. The van der Waals surface area contributed by atoms with Gasteiger partial charge >= 0.3 is 0 Å². The van der Waals surface area contributed by atoms with Crippen molar-refractivity contribution in [3.8, 4) is 28.0 Å². The molecule has 1 atom stereocenters. The van der Waals surface area contributed by atoms with Crippen molar-refractivity contribution in [1.29, 1.82) is 0 Å². The standard InChI is InChI=1S/C32H29FO4S/c1-4-11-25-20-26(33)21-31(30-15-10-9-14-29(30)24-12-7-6-8-13-24)32(25)37-27(5-2)22-36-38(34,35)28-18-16-23(3)17-19-28/h4-21,27H,2,22H2,1,3H3. The number of hydrogen-bond donors (Lipinski definition) is 0. The molecule has 6 heteroatoms. The topological polar surface area (TPSA) is 52.6 Å². The number of halogens is 1. The molecule has 0 saturated carbocycles. The third-order valence-corrected chi connectivity index (χ3v) is 7.26. The zero-order valence-corrected chi connectivity index (χ0v) is 22.1. The van der Waals surface area contributed by atoms with Crippen molar-refractivity contribution in [3.63, 3.8) is 0 Å². The highest BCUT2D eigenvalue weighted by molar-refractivity contribution is 7.86. The summed E-state index contributed by atoms with van der Waals surface area (Å²) in [6, 6.07) is 26.7. The van der Waals surface area contributed by atoms with Crippen molar-refractivity contribution in [2.24, 2.45) is 0 Å². The Morgan fingerprint density at radius 3 is 2.21 bits per heavy atom. The molecule has 4 aromatic carbocycles. The summed E-state index contributed by atoms with van der Waals surface area (Å²) >= 11 is 0. The lowest BCUT2D eigenvalue weighted by atomic mass is 9.92. The first-order chi connectivity index (χ1) is 18.3. The lowest BCUT2D eigenvalue weighted by Gasteiger charge is -2.22. The molecular weight excluding hydrogens is 499 g/mol.